The van der Waals surface area contributed by atoms with Crippen LogP contribution >= 0.6 is 0 Å². The number of aliphatic hydroxyl groups is 2. The van der Waals surface area contributed by atoms with Crippen LogP contribution < -0.4 is 0 Å². The molecule has 0 spiro atoms. The van der Waals surface area contributed by atoms with Gasteiger partial charge in [-0.25, -0.2) is 0 Å². The van der Waals surface area contributed by atoms with E-state index in [0.717, 1.165) is 25.7 Å². The summed E-state index contributed by atoms with van der Waals surface area (Å²) >= 11 is 0. The van der Waals surface area contributed by atoms with Crippen molar-refractivity contribution in [2.24, 2.45) is 0 Å². The van der Waals surface area contributed by atoms with Gasteiger partial charge in [-0.15, -0.1) is 0 Å². The Balaban J connectivity index is -0.0000000267. The molecule has 0 aromatic carbocycles. The van der Waals surface area contributed by atoms with Crippen LogP contribution in [0.2, 0.25) is 0 Å². The molecule has 0 saturated heterocycles. The molecule has 0 aromatic rings. The molecule has 0 aromatic heterocycles. The largest absolute Gasteiger partial charge is 0.412 e. The summed E-state index contributed by atoms with van der Waals surface area (Å²) in [6.45, 7) is 4.79. The molecule has 0 heterocycles. The smallest absolute Gasteiger partial charge is 0.0430 e. The zero-order valence-corrected chi connectivity index (χ0v) is 11.1. The maximum atomic E-state index is 8.07. The summed E-state index contributed by atoms with van der Waals surface area (Å²) in [6, 6.07) is 0. The van der Waals surface area contributed by atoms with E-state index >= 15 is 0 Å². The van der Waals surface area contributed by atoms with Crippen LogP contribution in [0.5, 0.6) is 0 Å². The van der Waals surface area contributed by atoms with E-state index in [0.29, 0.717) is 13.2 Å². The first-order valence-electron chi connectivity index (χ1n) is 4.05. The van der Waals surface area contributed by atoms with Gasteiger partial charge in [-0.3, -0.25) is 0 Å². The molecular weight excluding hydrogens is 251 g/mol. The molecule has 4 nitrogen and oxygen atoms in total. The van der Waals surface area contributed by atoms with Crippen LogP contribution in [0.15, 0.2) is 0 Å². The summed E-state index contributed by atoms with van der Waals surface area (Å²) in [5.41, 5.74) is 0. The fourth-order valence-electron chi connectivity index (χ4n) is 0.316. The zero-order chi connectivity index (χ0) is 8.24. The first kappa shape index (κ1) is 29.2. The Kier molecular flexibility index (Phi) is 86.9. The van der Waals surface area contributed by atoms with Crippen molar-refractivity contribution in [2.75, 3.05) is 13.2 Å². The van der Waals surface area contributed by atoms with E-state index in [2.05, 4.69) is 13.8 Å². The van der Waals surface area contributed by atoms with Crippen molar-refractivity contribution in [2.45, 2.75) is 39.5 Å². The van der Waals surface area contributed by atoms with Crippen molar-refractivity contribution in [1.82, 2.24) is 0 Å². The van der Waals surface area contributed by atoms with Crippen LogP contribution in [0.25, 0.3) is 0 Å². The molecule has 0 rings (SSSR count). The summed E-state index contributed by atoms with van der Waals surface area (Å²) in [6.07, 6.45) is 4.08. The average molecular weight is 275 g/mol. The number of rotatable bonds is 4. The molecule has 0 amide bonds. The van der Waals surface area contributed by atoms with E-state index in [1.54, 1.807) is 0 Å². The molecule has 0 bridgehead atoms. The number of unbranched alkanes of at least 4 members (excludes halogenated alkanes) is 2. The second-order valence-electron chi connectivity index (χ2n) is 2.15. The number of hydrogen-bond acceptors (Lipinski definition) is 2. The van der Waals surface area contributed by atoms with E-state index in [-0.39, 0.29) is 37.2 Å². The molecule has 6 N–H and O–H groups in total. The topological polar surface area (TPSA) is 103 Å². The molecular formula is C8H24O4Zr. The van der Waals surface area contributed by atoms with Crippen LogP contribution in [0.3, 0.4) is 0 Å². The zero-order valence-electron chi connectivity index (χ0n) is 8.64. The third-order valence-electron chi connectivity index (χ3n) is 1.02. The summed E-state index contributed by atoms with van der Waals surface area (Å²) in [5, 5.41) is 16.1. The summed E-state index contributed by atoms with van der Waals surface area (Å²) in [4.78, 5) is 0. The van der Waals surface area contributed by atoms with Crippen molar-refractivity contribution in [3.8, 4) is 0 Å². The third kappa shape index (κ3) is 65.6. The maximum absolute atomic E-state index is 8.07. The van der Waals surface area contributed by atoms with Gasteiger partial charge in [-0.05, 0) is 12.8 Å². The fourth-order valence-corrected chi connectivity index (χ4v) is 0.316. The molecule has 0 atom stereocenters. The Labute approximate surface area is 100 Å². The molecule has 0 saturated carbocycles. The van der Waals surface area contributed by atoms with Gasteiger partial charge >= 0.3 is 0 Å². The van der Waals surface area contributed by atoms with Crippen LogP contribution in [0.4, 0.5) is 0 Å². The minimum absolute atomic E-state index is 0. The molecule has 0 aliphatic carbocycles. The van der Waals surface area contributed by atoms with Crippen LogP contribution in [-0.2, 0) is 26.2 Å². The standard InChI is InChI=1S/2C4H10O.2H2O.Zr/c2*1-2-3-4-5;;;/h2*5H,2-4H2,1H3;2*1H2;. The van der Waals surface area contributed by atoms with E-state index in [9.17, 15) is 0 Å². The van der Waals surface area contributed by atoms with E-state index in [1.807, 2.05) is 0 Å². The van der Waals surface area contributed by atoms with E-state index in [1.165, 1.54) is 0 Å². The Morgan fingerprint density at radius 2 is 1.00 bits per heavy atom. The molecule has 0 aliphatic rings. The molecule has 5 heteroatoms. The van der Waals surface area contributed by atoms with E-state index < -0.39 is 0 Å². The van der Waals surface area contributed by atoms with Gasteiger partial charge in [0.2, 0.25) is 0 Å². The summed E-state index contributed by atoms with van der Waals surface area (Å²) in [7, 11) is 0. The van der Waals surface area contributed by atoms with Crippen molar-refractivity contribution < 1.29 is 47.4 Å². The minimum Gasteiger partial charge on any atom is -0.412 e. The Bertz CT molecular complexity index is 37.1. The normalized spacial score (nSPS) is 6.46. The van der Waals surface area contributed by atoms with Gasteiger partial charge < -0.3 is 21.2 Å². The Morgan fingerprint density at radius 3 is 1.00 bits per heavy atom. The van der Waals surface area contributed by atoms with Crippen molar-refractivity contribution in [1.29, 1.82) is 0 Å². The summed E-state index contributed by atoms with van der Waals surface area (Å²) in [5.74, 6) is 0. The molecule has 0 fully saturated rings. The fraction of sp³-hybridized carbons (Fsp3) is 1.00. The van der Waals surface area contributed by atoms with Gasteiger partial charge in [0, 0.05) is 39.4 Å². The number of aliphatic hydroxyl groups excluding tert-OH is 2. The second-order valence-corrected chi connectivity index (χ2v) is 2.15. The van der Waals surface area contributed by atoms with Crippen LogP contribution in [0, 0.1) is 0 Å². The third-order valence-corrected chi connectivity index (χ3v) is 1.02. The quantitative estimate of drug-likeness (QED) is 0.748. The molecule has 13 heavy (non-hydrogen) atoms. The van der Waals surface area contributed by atoms with Gasteiger partial charge in [-0.2, -0.15) is 0 Å². The van der Waals surface area contributed by atoms with Crippen LogP contribution in [0.1, 0.15) is 39.5 Å². The van der Waals surface area contributed by atoms with Crippen LogP contribution in [-0.4, -0.2) is 34.4 Å². The van der Waals surface area contributed by atoms with Crippen molar-refractivity contribution in [3.05, 3.63) is 0 Å². The SMILES string of the molecule is CCCCO.CCCCO.O.O.[Zr]. The molecule has 0 aliphatic heterocycles. The molecule has 84 valence electrons. The second kappa shape index (κ2) is 38.7. The Hall–Kier alpha value is 0.723. The molecule has 0 radical (unpaired) electrons. The molecule has 0 unspecified atom stereocenters. The first-order chi connectivity index (χ1) is 4.83. The van der Waals surface area contributed by atoms with E-state index in [4.69, 9.17) is 10.2 Å². The predicted molar refractivity (Wildman–Crippen MR) is 51.2 cm³/mol. The van der Waals surface area contributed by atoms with Crippen molar-refractivity contribution >= 4 is 0 Å². The van der Waals surface area contributed by atoms with Gasteiger partial charge in [0.1, 0.15) is 0 Å². The van der Waals surface area contributed by atoms with Gasteiger partial charge in [0.05, 0.1) is 0 Å². The van der Waals surface area contributed by atoms with Gasteiger partial charge in [0.15, 0.2) is 0 Å². The predicted octanol–water partition coefficient (Wildman–Crippen LogP) is -0.0943. The first-order valence-corrected chi connectivity index (χ1v) is 4.05. The average Bonchev–Trinajstić information content (AvgIpc) is 1.93. The Morgan fingerprint density at radius 1 is 0.769 bits per heavy atom. The maximum Gasteiger partial charge on any atom is 0.0430 e. The monoisotopic (exact) mass is 274 g/mol. The van der Waals surface area contributed by atoms with Gasteiger partial charge in [0.25, 0.3) is 0 Å². The van der Waals surface area contributed by atoms with Crippen molar-refractivity contribution in [3.63, 3.8) is 0 Å². The van der Waals surface area contributed by atoms with Gasteiger partial charge in [-0.1, -0.05) is 26.7 Å². The summed E-state index contributed by atoms with van der Waals surface area (Å²) < 4.78 is 0. The minimum atomic E-state index is 0. The number of hydrogen-bond donors (Lipinski definition) is 2.